The quantitative estimate of drug-likeness (QED) is 0.535. The maximum absolute atomic E-state index is 12.1. The van der Waals surface area contributed by atoms with Gasteiger partial charge in [-0.3, -0.25) is 0 Å². The van der Waals surface area contributed by atoms with Gasteiger partial charge in [0.2, 0.25) is 10.0 Å². The van der Waals surface area contributed by atoms with E-state index in [2.05, 4.69) is 0 Å². The number of carboxylic acid groups (broad SMARTS) is 1. The monoisotopic (exact) mass is 339 g/mol. The van der Waals surface area contributed by atoms with Crippen LogP contribution in [0, 0.1) is 0 Å². The predicted molar refractivity (Wildman–Crippen MR) is 73.2 cm³/mol. The van der Waals surface area contributed by atoms with Gasteiger partial charge >= 0.3 is 5.97 Å². The van der Waals surface area contributed by atoms with Crippen molar-refractivity contribution < 1.29 is 33.3 Å². The SMILES string of the molecule is COc1c(C(=O)O)cc(Cl)cc1S(=O)(=O)NCC(O)CO. The van der Waals surface area contributed by atoms with Crippen LogP contribution in [0.3, 0.4) is 0 Å². The first-order valence-corrected chi connectivity index (χ1v) is 7.48. The van der Waals surface area contributed by atoms with Gasteiger partial charge in [0.25, 0.3) is 0 Å². The minimum atomic E-state index is -4.18. The second-order valence-corrected chi connectivity index (χ2v) is 6.15. The van der Waals surface area contributed by atoms with E-state index in [4.69, 9.17) is 31.7 Å². The van der Waals surface area contributed by atoms with Gasteiger partial charge in [-0.05, 0) is 12.1 Å². The summed E-state index contributed by atoms with van der Waals surface area (Å²) in [4.78, 5) is 10.6. The molecule has 0 aromatic heterocycles. The fourth-order valence-electron chi connectivity index (χ4n) is 1.49. The van der Waals surface area contributed by atoms with E-state index in [9.17, 15) is 13.2 Å². The summed E-state index contributed by atoms with van der Waals surface area (Å²) >= 11 is 5.72. The summed E-state index contributed by atoms with van der Waals surface area (Å²) < 4.78 is 31.1. The molecule has 1 unspecified atom stereocenters. The average molecular weight is 340 g/mol. The van der Waals surface area contributed by atoms with Crippen molar-refractivity contribution >= 4 is 27.6 Å². The first kappa shape index (κ1) is 17.7. The number of hydrogen-bond donors (Lipinski definition) is 4. The number of hydrogen-bond acceptors (Lipinski definition) is 6. The Hall–Kier alpha value is -1.39. The summed E-state index contributed by atoms with van der Waals surface area (Å²) in [6, 6.07) is 2.09. The highest BCUT2D eigenvalue weighted by Gasteiger charge is 2.26. The van der Waals surface area contributed by atoms with Crippen LogP contribution in [0.2, 0.25) is 5.02 Å². The number of aliphatic hydroxyl groups excluding tert-OH is 2. The molecular weight excluding hydrogens is 326 g/mol. The lowest BCUT2D eigenvalue weighted by atomic mass is 10.2. The molecule has 118 valence electrons. The minimum Gasteiger partial charge on any atom is -0.494 e. The predicted octanol–water partition coefficient (Wildman–Crippen LogP) is -0.322. The van der Waals surface area contributed by atoms with Crippen LogP contribution in [0.15, 0.2) is 17.0 Å². The highest BCUT2D eigenvalue weighted by Crippen LogP contribution is 2.31. The smallest absolute Gasteiger partial charge is 0.339 e. The largest absolute Gasteiger partial charge is 0.494 e. The van der Waals surface area contributed by atoms with Crippen LogP contribution >= 0.6 is 11.6 Å². The topological polar surface area (TPSA) is 133 Å². The number of methoxy groups -OCH3 is 1. The van der Waals surface area contributed by atoms with Crippen LogP contribution in [-0.4, -0.2) is 56.1 Å². The van der Waals surface area contributed by atoms with Crippen LogP contribution < -0.4 is 9.46 Å². The second-order valence-electron chi connectivity index (χ2n) is 3.98. The van der Waals surface area contributed by atoms with E-state index in [0.717, 1.165) is 19.2 Å². The highest BCUT2D eigenvalue weighted by atomic mass is 35.5. The molecule has 0 heterocycles. The van der Waals surface area contributed by atoms with Crippen molar-refractivity contribution in [2.24, 2.45) is 0 Å². The second kappa shape index (κ2) is 7.05. The summed E-state index contributed by atoms with van der Waals surface area (Å²) in [5, 5.41) is 26.8. The Bertz CT molecular complexity index is 632. The zero-order chi connectivity index (χ0) is 16.2. The Labute approximate surface area is 126 Å². The van der Waals surface area contributed by atoms with Gasteiger partial charge in [0, 0.05) is 11.6 Å². The summed E-state index contributed by atoms with van der Waals surface area (Å²) in [5.74, 6) is -1.78. The molecule has 8 nitrogen and oxygen atoms in total. The number of carboxylic acids is 1. The van der Waals surface area contributed by atoms with Gasteiger partial charge in [-0.1, -0.05) is 11.6 Å². The average Bonchev–Trinajstić information content (AvgIpc) is 2.43. The third kappa shape index (κ3) is 4.29. The Morgan fingerprint density at radius 2 is 2.10 bits per heavy atom. The molecule has 0 amide bonds. The van der Waals surface area contributed by atoms with Gasteiger partial charge in [0.05, 0.1) is 19.8 Å². The summed E-state index contributed by atoms with van der Waals surface area (Å²) in [6.07, 6.45) is -1.29. The zero-order valence-electron chi connectivity index (χ0n) is 10.9. The van der Waals surface area contributed by atoms with Crippen LogP contribution in [0.25, 0.3) is 0 Å². The number of rotatable bonds is 7. The van der Waals surface area contributed by atoms with Crippen LogP contribution in [0.1, 0.15) is 10.4 Å². The lowest BCUT2D eigenvalue weighted by molar-refractivity contribution is 0.0692. The van der Waals surface area contributed by atoms with Crippen molar-refractivity contribution in [3.63, 3.8) is 0 Å². The van der Waals surface area contributed by atoms with Crippen molar-refractivity contribution in [3.05, 3.63) is 22.7 Å². The molecule has 0 aliphatic carbocycles. The van der Waals surface area contributed by atoms with E-state index in [1.54, 1.807) is 0 Å². The zero-order valence-corrected chi connectivity index (χ0v) is 12.5. The van der Waals surface area contributed by atoms with E-state index in [1.165, 1.54) is 0 Å². The number of benzene rings is 1. The Morgan fingerprint density at radius 3 is 2.57 bits per heavy atom. The molecule has 0 fully saturated rings. The normalized spacial score (nSPS) is 13.0. The molecule has 0 bridgehead atoms. The summed E-state index contributed by atoms with van der Waals surface area (Å²) in [6.45, 7) is -1.08. The van der Waals surface area contributed by atoms with E-state index < -0.39 is 45.7 Å². The number of sulfonamides is 1. The molecule has 0 spiro atoms. The van der Waals surface area contributed by atoms with Crippen molar-refractivity contribution in [2.75, 3.05) is 20.3 Å². The molecule has 0 aliphatic rings. The summed E-state index contributed by atoms with van der Waals surface area (Å²) in [5.41, 5.74) is -0.409. The maximum Gasteiger partial charge on any atom is 0.339 e. The third-order valence-electron chi connectivity index (χ3n) is 2.46. The minimum absolute atomic E-state index is 0.101. The van der Waals surface area contributed by atoms with E-state index in [0.29, 0.717) is 0 Å². The van der Waals surface area contributed by atoms with Crippen molar-refractivity contribution in [3.8, 4) is 5.75 Å². The van der Waals surface area contributed by atoms with Gasteiger partial charge in [-0.25, -0.2) is 17.9 Å². The third-order valence-corrected chi connectivity index (χ3v) is 4.11. The fraction of sp³-hybridized carbons (Fsp3) is 0.364. The van der Waals surface area contributed by atoms with Gasteiger partial charge in [0.15, 0.2) is 5.75 Å². The standard InChI is InChI=1S/C11H14ClNO7S/c1-20-10-8(11(16)17)2-6(12)3-9(10)21(18,19)13-4-7(15)5-14/h2-3,7,13-15H,4-5H2,1H3,(H,16,17). The maximum atomic E-state index is 12.1. The first-order chi connectivity index (χ1) is 9.72. The number of aliphatic hydroxyl groups is 2. The van der Waals surface area contributed by atoms with Crippen molar-refractivity contribution in [1.82, 2.24) is 4.72 Å². The lowest BCUT2D eigenvalue weighted by Gasteiger charge is -2.14. The molecule has 1 rings (SSSR count). The molecular formula is C11H14ClNO7S. The van der Waals surface area contributed by atoms with Crippen molar-refractivity contribution in [1.29, 1.82) is 0 Å². The molecule has 0 radical (unpaired) electrons. The number of carbonyl (C=O) groups is 1. The highest BCUT2D eigenvalue weighted by molar-refractivity contribution is 7.89. The van der Waals surface area contributed by atoms with Crippen LogP contribution in [-0.2, 0) is 10.0 Å². The first-order valence-electron chi connectivity index (χ1n) is 5.62. The Balaban J connectivity index is 3.31. The Kier molecular flexibility index (Phi) is 5.93. The molecule has 1 aromatic rings. The van der Waals surface area contributed by atoms with Crippen LogP contribution in [0.5, 0.6) is 5.75 Å². The van der Waals surface area contributed by atoms with Gasteiger partial charge in [0.1, 0.15) is 10.5 Å². The van der Waals surface area contributed by atoms with E-state index in [1.807, 2.05) is 4.72 Å². The van der Waals surface area contributed by atoms with Gasteiger partial charge in [-0.2, -0.15) is 0 Å². The lowest BCUT2D eigenvalue weighted by Crippen LogP contribution is -2.34. The van der Waals surface area contributed by atoms with Crippen molar-refractivity contribution in [2.45, 2.75) is 11.0 Å². The van der Waals surface area contributed by atoms with Gasteiger partial charge in [-0.15, -0.1) is 0 Å². The molecule has 21 heavy (non-hydrogen) atoms. The molecule has 10 heteroatoms. The Morgan fingerprint density at radius 1 is 1.48 bits per heavy atom. The molecule has 4 N–H and O–H groups in total. The number of ether oxygens (including phenoxy) is 1. The molecule has 0 aliphatic heterocycles. The molecule has 0 saturated heterocycles. The summed E-state index contributed by atoms with van der Waals surface area (Å²) in [7, 11) is -3.06. The molecule has 0 saturated carbocycles. The van der Waals surface area contributed by atoms with E-state index in [-0.39, 0.29) is 10.8 Å². The van der Waals surface area contributed by atoms with E-state index >= 15 is 0 Å². The fourth-order valence-corrected chi connectivity index (χ4v) is 3.06. The van der Waals surface area contributed by atoms with Crippen LogP contribution in [0.4, 0.5) is 0 Å². The number of halogens is 1. The molecule has 1 aromatic carbocycles. The number of nitrogens with one attached hydrogen (secondary N) is 1. The number of aromatic carboxylic acids is 1. The molecule has 1 atom stereocenters. The van der Waals surface area contributed by atoms with Gasteiger partial charge < -0.3 is 20.1 Å².